The van der Waals surface area contributed by atoms with Gasteiger partial charge in [-0.05, 0) is 34.9 Å². The minimum absolute atomic E-state index is 0.174. The van der Waals surface area contributed by atoms with Crippen LogP contribution in [0.15, 0.2) is 18.2 Å². The average Bonchev–Trinajstić information content (AvgIpc) is 2.17. The van der Waals surface area contributed by atoms with Gasteiger partial charge in [0.05, 0.1) is 0 Å². The minimum atomic E-state index is -0.174. The predicted molar refractivity (Wildman–Crippen MR) is 65.3 cm³/mol. The highest BCUT2D eigenvalue weighted by atomic mass is 32.2. The van der Waals surface area contributed by atoms with Crippen molar-refractivity contribution >= 4 is 11.8 Å². The first kappa shape index (κ1) is 12.5. The van der Waals surface area contributed by atoms with Gasteiger partial charge in [-0.2, -0.15) is 11.8 Å². The van der Waals surface area contributed by atoms with E-state index in [2.05, 4.69) is 13.8 Å². The van der Waals surface area contributed by atoms with E-state index in [4.69, 9.17) is 5.73 Å². The molecule has 1 rings (SSSR count). The highest BCUT2D eigenvalue weighted by Gasteiger charge is 2.03. The Balaban J connectivity index is 2.62. The number of nitrogens with two attached hydrogens (primary N) is 1. The maximum absolute atomic E-state index is 13.0. The molecule has 0 heterocycles. The first-order valence-electron chi connectivity index (χ1n) is 5.18. The third kappa shape index (κ3) is 4.22. The summed E-state index contributed by atoms with van der Waals surface area (Å²) in [6.07, 6.45) is 0. The molecule has 15 heavy (non-hydrogen) atoms. The summed E-state index contributed by atoms with van der Waals surface area (Å²) in [4.78, 5) is 0. The van der Waals surface area contributed by atoms with E-state index in [1.165, 1.54) is 6.07 Å². The van der Waals surface area contributed by atoms with Gasteiger partial charge in [0.2, 0.25) is 0 Å². The lowest BCUT2D eigenvalue weighted by molar-refractivity contribution is 0.625. The zero-order chi connectivity index (χ0) is 11.3. The molecule has 0 radical (unpaired) electrons. The van der Waals surface area contributed by atoms with Crippen LogP contribution in [0.25, 0.3) is 0 Å². The minimum Gasteiger partial charge on any atom is -0.326 e. The van der Waals surface area contributed by atoms with Crippen LogP contribution in [0.4, 0.5) is 4.39 Å². The molecule has 1 nitrogen and oxygen atoms in total. The summed E-state index contributed by atoms with van der Waals surface area (Å²) < 4.78 is 13.0. The molecule has 1 aromatic rings. The number of thioether (sulfide) groups is 1. The van der Waals surface area contributed by atoms with E-state index in [0.29, 0.717) is 12.5 Å². The summed E-state index contributed by atoms with van der Waals surface area (Å²) in [5, 5.41) is 0. The van der Waals surface area contributed by atoms with E-state index in [1.807, 2.05) is 11.8 Å². The molecule has 0 aromatic heterocycles. The van der Waals surface area contributed by atoms with Crippen LogP contribution in [-0.4, -0.2) is 5.75 Å². The van der Waals surface area contributed by atoms with Gasteiger partial charge in [0.15, 0.2) is 0 Å². The zero-order valence-corrected chi connectivity index (χ0v) is 10.1. The highest BCUT2D eigenvalue weighted by molar-refractivity contribution is 7.98. The summed E-state index contributed by atoms with van der Waals surface area (Å²) in [7, 11) is 0. The smallest absolute Gasteiger partial charge is 0.123 e. The Morgan fingerprint density at radius 2 is 2.07 bits per heavy atom. The molecule has 0 spiro atoms. The van der Waals surface area contributed by atoms with E-state index in [-0.39, 0.29) is 5.82 Å². The van der Waals surface area contributed by atoms with Gasteiger partial charge in [-0.25, -0.2) is 4.39 Å². The lowest BCUT2D eigenvalue weighted by atomic mass is 10.1. The van der Waals surface area contributed by atoms with Crippen molar-refractivity contribution in [2.75, 3.05) is 5.75 Å². The quantitative estimate of drug-likeness (QED) is 0.836. The van der Waals surface area contributed by atoms with Crippen LogP contribution >= 0.6 is 11.8 Å². The summed E-state index contributed by atoms with van der Waals surface area (Å²) in [6.45, 7) is 4.85. The van der Waals surface area contributed by atoms with Gasteiger partial charge in [0.25, 0.3) is 0 Å². The molecule has 2 N–H and O–H groups in total. The largest absolute Gasteiger partial charge is 0.326 e. The van der Waals surface area contributed by atoms with E-state index in [1.54, 1.807) is 12.1 Å². The van der Waals surface area contributed by atoms with Crippen molar-refractivity contribution < 1.29 is 4.39 Å². The topological polar surface area (TPSA) is 26.0 Å². The number of halogens is 1. The summed E-state index contributed by atoms with van der Waals surface area (Å²) in [5.74, 6) is 2.44. The summed E-state index contributed by atoms with van der Waals surface area (Å²) >= 11 is 1.83. The average molecular weight is 227 g/mol. The molecule has 0 amide bonds. The fourth-order valence-corrected chi connectivity index (χ4v) is 2.41. The molecule has 0 aliphatic rings. The molecule has 0 aliphatic heterocycles. The molecular formula is C12H18FNS. The third-order valence-corrected chi connectivity index (χ3v) is 3.51. The first-order chi connectivity index (χ1) is 7.13. The molecule has 0 unspecified atom stereocenters. The molecule has 3 heteroatoms. The Morgan fingerprint density at radius 3 is 2.67 bits per heavy atom. The standard InChI is InChI=1S/C12H18FNS/c1-9(2)7-15-8-11-5-12(13)4-3-10(11)6-14/h3-5,9H,6-8,14H2,1-2H3. The third-order valence-electron chi connectivity index (χ3n) is 2.10. The van der Waals surface area contributed by atoms with Crippen LogP contribution in [0.2, 0.25) is 0 Å². The van der Waals surface area contributed by atoms with Gasteiger partial charge >= 0.3 is 0 Å². The van der Waals surface area contributed by atoms with E-state index < -0.39 is 0 Å². The predicted octanol–water partition coefficient (Wildman–Crippen LogP) is 3.17. The van der Waals surface area contributed by atoms with Crippen LogP contribution in [0, 0.1) is 11.7 Å². The molecule has 1 aromatic carbocycles. The maximum atomic E-state index is 13.0. The van der Waals surface area contributed by atoms with Crippen molar-refractivity contribution in [3.05, 3.63) is 35.1 Å². The Morgan fingerprint density at radius 1 is 1.33 bits per heavy atom. The molecule has 0 saturated heterocycles. The van der Waals surface area contributed by atoms with Gasteiger partial charge in [-0.3, -0.25) is 0 Å². The lowest BCUT2D eigenvalue weighted by Crippen LogP contribution is -2.02. The molecule has 0 aliphatic carbocycles. The number of rotatable bonds is 5. The second kappa shape index (κ2) is 6.13. The fraction of sp³-hybridized carbons (Fsp3) is 0.500. The molecule has 0 bridgehead atoms. The maximum Gasteiger partial charge on any atom is 0.123 e. The van der Waals surface area contributed by atoms with Gasteiger partial charge < -0.3 is 5.73 Å². The first-order valence-corrected chi connectivity index (χ1v) is 6.34. The van der Waals surface area contributed by atoms with E-state index in [0.717, 1.165) is 22.6 Å². The second-order valence-electron chi connectivity index (χ2n) is 4.03. The number of hydrogen-bond acceptors (Lipinski definition) is 2. The van der Waals surface area contributed by atoms with Gasteiger partial charge in [0, 0.05) is 12.3 Å². The van der Waals surface area contributed by atoms with Crippen molar-refractivity contribution in [2.24, 2.45) is 11.7 Å². The zero-order valence-electron chi connectivity index (χ0n) is 9.29. The van der Waals surface area contributed by atoms with Crippen molar-refractivity contribution in [1.82, 2.24) is 0 Å². The molecule has 0 fully saturated rings. The van der Waals surface area contributed by atoms with Crippen LogP contribution in [-0.2, 0) is 12.3 Å². The second-order valence-corrected chi connectivity index (χ2v) is 5.06. The fourth-order valence-electron chi connectivity index (χ4n) is 1.33. The number of hydrogen-bond donors (Lipinski definition) is 1. The Kier molecular flexibility index (Phi) is 5.12. The Labute approximate surface area is 95.2 Å². The van der Waals surface area contributed by atoms with Crippen LogP contribution in [0.5, 0.6) is 0 Å². The molecule has 0 atom stereocenters. The van der Waals surface area contributed by atoms with Crippen LogP contribution < -0.4 is 5.73 Å². The molecular weight excluding hydrogens is 209 g/mol. The van der Waals surface area contributed by atoms with Crippen LogP contribution in [0.3, 0.4) is 0 Å². The Hall–Kier alpha value is -0.540. The number of benzene rings is 1. The van der Waals surface area contributed by atoms with Crippen molar-refractivity contribution in [1.29, 1.82) is 0 Å². The summed E-state index contributed by atoms with van der Waals surface area (Å²) in [6, 6.07) is 4.84. The van der Waals surface area contributed by atoms with E-state index >= 15 is 0 Å². The van der Waals surface area contributed by atoms with E-state index in [9.17, 15) is 4.39 Å². The van der Waals surface area contributed by atoms with Crippen LogP contribution in [0.1, 0.15) is 25.0 Å². The monoisotopic (exact) mass is 227 g/mol. The normalized spacial score (nSPS) is 11.0. The lowest BCUT2D eigenvalue weighted by Gasteiger charge is -2.09. The van der Waals surface area contributed by atoms with Gasteiger partial charge in [-0.1, -0.05) is 19.9 Å². The SMILES string of the molecule is CC(C)CSCc1cc(F)ccc1CN. The summed E-state index contributed by atoms with van der Waals surface area (Å²) in [5.41, 5.74) is 7.68. The van der Waals surface area contributed by atoms with Gasteiger partial charge in [-0.15, -0.1) is 0 Å². The van der Waals surface area contributed by atoms with Crippen molar-refractivity contribution in [3.8, 4) is 0 Å². The molecule has 84 valence electrons. The highest BCUT2D eigenvalue weighted by Crippen LogP contribution is 2.19. The molecule has 0 saturated carbocycles. The van der Waals surface area contributed by atoms with Gasteiger partial charge in [0.1, 0.15) is 5.82 Å². The van der Waals surface area contributed by atoms with Crippen molar-refractivity contribution in [3.63, 3.8) is 0 Å². The Bertz CT molecular complexity index is 312. The van der Waals surface area contributed by atoms with Crippen molar-refractivity contribution in [2.45, 2.75) is 26.1 Å².